The second-order valence-corrected chi connectivity index (χ2v) is 14.3. The summed E-state index contributed by atoms with van der Waals surface area (Å²) in [6.07, 6.45) is 9.73. The van der Waals surface area contributed by atoms with Gasteiger partial charge in [0.05, 0.1) is 10.6 Å². The normalized spacial score (nSPS) is 40.8. The van der Waals surface area contributed by atoms with E-state index >= 15 is 0 Å². The van der Waals surface area contributed by atoms with Crippen LogP contribution in [0.25, 0.3) is 0 Å². The average Bonchev–Trinajstić information content (AvgIpc) is 3.12. The molecule has 4 aliphatic carbocycles. The van der Waals surface area contributed by atoms with Crippen molar-refractivity contribution in [1.82, 2.24) is 0 Å². The standard InChI is InChI=1S/C28H40O4S/c1-19(18-33(31,32)21-7-5-4-6-8-21)23-11-12-24-22-10-9-20-17-28(29,30)16-15-26(20,2)25(22)13-14-27(23,24)3/h4-9,19,22-25,29-30H,10-18H2,1-3H3/t19-,22+,23-,24+,25+,26+,27-/m1/s1. The van der Waals surface area contributed by atoms with Crippen molar-refractivity contribution in [2.24, 2.45) is 40.4 Å². The third-order valence-electron chi connectivity index (χ3n) is 10.5. The molecular weight excluding hydrogens is 432 g/mol. The van der Waals surface area contributed by atoms with Gasteiger partial charge >= 0.3 is 0 Å². The topological polar surface area (TPSA) is 74.6 Å². The summed E-state index contributed by atoms with van der Waals surface area (Å²) in [5.74, 6) is 1.14. The first-order valence-corrected chi connectivity index (χ1v) is 14.5. The molecule has 4 aliphatic rings. The third kappa shape index (κ3) is 3.83. The summed E-state index contributed by atoms with van der Waals surface area (Å²) in [7, 11) is -3.28. The summed E-state index contributed by atoms with van der Waals surface area (Å²) in [4.78, 5) is 0.444. The van der Waals surface area contributed by atoms with Gasteiger partial charge < -0.3 is 10.2 Å². The molecule has 3 fully saturated rings. The third-order valence-corrected chi connectivity index (χ3v) is 12.4. The van der Waals surface area contributed by atoms with Crippen molar-refractivity contribution >= 4 is 9.84 Å². The fourth-order valence-electron chi connectivity index (χ4n) is 8.79. The van der Waals surface area contributed by atoms with E-state index in [0.717, 1.165) is 25.7 Å². The van der Waals surface area contributed by atoms with E-state index in [9.17, 15) is 18.6 Å². The van der Waals surface area contributed by atoms with Gasteiger partial charge in [-0.2, -0.15) is 0 Å². The van der Waals surface area contributed by atoms with Crippen molar-refractivity contribution in [3.63, 3.8) is 0 Å². The van der Waals surface area contributed by atoms with Crippen LogP contribution in [-0.4, -0.2) is 30.2 Å². The predicted molar refractivity (Wildman–Crippen MR) is 130 cm³/mol. The fourth-order valence-corrected chi connectivity index (χ4v) is 10.5. The number of allylic oxidation sites excluding steroid dienone is 1. The summed E-state index contributed by atoms with van der Waals surface area (Å²) in [5.41, 5.74) is 1.54. The molecule has 4 nitrogen and oxygen atoms in total. The minimum absolute atomic E-state index is 0.0829. The summed E-state index contributed by atoms with van der Waals surface area (Å²) in [5, 5.41) is 20.5. The van der Waals surface area contributed by atoms with Crippen molar-refractivity contribution in [1.29, 1.82) is 0 Å². The van der Waals surface area contributed by atoms with Crippen LogP contribution in [0, 0.1) is 40.4 Å². The largest absolute Gasteiger partial charge is 0.365 e. The first-order chi connectivity index (χ1) is 15.5. The number of benzene rings is 1. The van der Waals surface area contributed by atoms with Crippen molar-refractivity contribution < 1.29 is 18.6 Å². The number of sulfone groups is 1. The highest BCUT2D eigenvalue weighted by atomic mass is 32.2. The van der Waals surface area contributed by atoms with Crippen LogP contribution in [0.15, 0.2) is 46.9 Å². The predicted octanol–water partition coefficient (Wildman–Crippen LogP) is 5.36. The maximum absolute atomic E-state index is 13.1. The van der Waals surface area contributed by atoms with E-state index in [1.165, 1.54) is 18.4 Å². The molecule has 0 unspecified atom stereocenters. The molecule has 7 atom stereocenters. The van der Waals surface area contributed by atoms with Crippen LogP contribution in [0.2, 0.25) is 0 Å². The Labute approximate surface area is 199 Å². The van der Waals surface area contributed by atoms with E-state index in [4.69, 9.17) is 0 Å². The molecule has 33 heavy (non-hydrogen) atoms. The summed E-state index contributed by atoms with van der Waals surface area (Å²) in [6, 6.07) is 8.91. The van der Waals surface area contributed by atoms with Crippen LogP contribution in [0.5, 0.6) is 0 Å². The highest BCUT2D eigenvalue weighted by Crippen LogP contribution is 2.67. The van der Waals surface area contributed by atoms with Gasteiger partial charge in [0.25, 0.3) is 0 Å². The smallest absolute Gasteiger partial charge is 0.178 e. The second-order valence-electron chi connectivity index (χ2n) is 12.2. The molecule has 5 heteroatoms. The van der Waals surface area contributed by atoms with Gasteiger partial charge in [0.15, 0.2) is 15.6 Å². The highest BCUT2D eigenvalue weighted by molar-refractivity contribution is 7.91. The maximum Gasteiger partial charge on any atom is 0.178 e. The zero-order chi connectivity index (χ0) is 23.6. The van der Waals surface area contributed by atoms with Crippen molar-refractivity contribution in [2.45, 2.75) is 82.8 Å². The van der Waals surface area contributed by atoms with Crippen molar-refractivity contribution in [3.8, 4) is 0 Å². The molecule has 0 heterocycles. The van der Waals surface area contributed by atoms with E-state index in [-0.39, 0.29) is 22.5 Å². The van der Waals surface area contributed by atoms with E-state index in [1.54, 1.807) is 24.3 Å². The SMILES string of the molecule is C[C@H](CS(=O)(=O)c1ccccc1)[C@H]1CC[C@H]2[C@@H]3CC=C4CC(O)(O)CC[C@]4(C)[C@H]3CC[C@]12C. The van der Waals surface area contributed by atoms with Crippen LogP contribution in [0.1, 0.15) is 72.1 Å². The Bertz CT molecular complexity index is 1030. The van der Waals surface area contributed by atoms with Crippen LogP contribution >= 0.6 is 0 Å². The van der Waals surface area contributed by atoms with Crippen LogP contribution in [0.4, 0.5) is 0 Å². The Morgan fingerprint density at radius 2 is 1.73 bits per heavy atom. The zero-order valence-corrected chi connectivity index (χ0v) is 21.2. The number of hydrogen-bond acceptors (Lipinski definition) is 4. The lowest BCUT2D eigenvalue weighted by Crippen LogP contribution is -2.52. The van der Waals surface area contributed by atoms with Gasteiger partial charge in [-0.15, -0.1) is 0 Å². The Kier molecular flexibility index (Phi) is 5.66. The first-order valence-electron chi connectivity index (χ1n) is 12.9. The quantitative estimate of drug-likeness (QED) is 0.457. The van der Waals surface area contributed by atoms with Gasteiger partial charge in [-0.05, 0) is 91.1 Å². The van der Waals surface area contributed by atoms with Crippen molar-refractivity contribution in [2.75, 3.05) is 5.75 Å². The van der Waals surface area contributed by atoms with E-state index in [2.05, 4.69) is 26.8 Å². The lowest BCUT2D eigenvalue weighted by atomic mass is 9.47. The van der Waals surface area contributed by atoms with Gasteiger partial charge in [-0.3, -0.25) is 0 Å². The highest BCUT2D eigenvalue weighted by Gasteiger charge is 2.60. The molecule has 182 valence electrons. The molecule has 0 aromatic heterocycles. The fraction of sp³-hybridized carbons (Fsp3) is 0.714. The van der Waals surface area contributed by atoms with E-state index in [1.807, 2.05) is 6.07 Å². The minimum Gasteiger partial charge on any atom is -0.365 e. The molecule has 0 saturated heterocycles. The van der Waals surface area contributed by atoms with Crippen LogP contribution < -0.4 is 0 Å². The average molecular weight is 473 g/mol. The van der Waals surface area contributed by atoms with Gasteiger partial charge in [0.2, 0.25) is 0 Å². The number of aliphatic hydroxyl groups is 2. The van der Waals surface area contributed by atoms with Crippen molar-refractivity contribution in [3.05, 3.63) is 42.0 Å². The first kappa shape index (κ1) is 23.6. The number of fused-ring (bicyclic) bond motifs is 5. The van der Waals surface area contributed by atoms with Crippen LogP contribution in [0.3, 0.4) is 0 Å². The molecule has 0 amide bonds. The molecule has 3 saturated carbocycles. The van der Waals surface area contributed by atoms with Crippen LogP contribution in [-0.2, 0) is 9.84 Å². The second kappa shape index (κ2) is 7.93. The minimum atomic E-state index is -3.28. The Morgan fingerprint density at radius 3 is 2.45 bits per heavy atom. The lowest BCUT2D eigenvalue weighted by Gasteiger charge is -2.59. The monoisotopic (exact) mass is 472 g/mol. The van der Waals surface area contributed by atoms with Gasteiger partial charge in [-0.25, -0.2) is 8.42 Å². The molecule has 1 aromatic carbocycles. The molecule has 0 bridgehead atoms. The molecular formula is C28H40O4S. The number of hydrogen-bond donors (Lipinski definition) is 2. The Morgan fingerprint density at radius 1 is 1.00 bits per heavy atom. The van der Waals surface area contributed by atoms with E-state index in [0.29, 0.717) is 41.4 Å². The summed E-state index contributed by atoms with van der Waals surface area (Å²) >= 11 is 0. The molecule has 1 aromatic rings. The summed E-state index contributed by atoms with van der Waals surface area (Å²) < 4.78 is 26.2. The van der Waals surface area contributed by atoms with E-state index < -0.39 is 15.6 Å². The molecule has 0 radical (unpaired) electrons. The zero-order valence-electron chi connectivity index (χ0n) is 20.3. The van der Waals surface area contributed by atoms with Gasteiger partial charge in [-0.1, -0.05) is 50.6 Å². The molecule has 0 aliphatic heterocycles. The lowest BCUT2D eigenvalue weighted by molar-refractivity contribution is -0.188. The maximum atomic E-state index is 13.1. The number of rotatable bonds is 4. The van der Waals surface area contributed by atoms with Gasteiger partial charge in [0.1, 0.15) is 0 Å². The Balaban J connectivity index is 1.36. The Hall–Kier alpha value is -1.17. The molecule has 2 N–H and O–H groups in total. The molecule has 5 rings (SSSR count). The van der Waals surface area contributed by atoms with Gasteiger partial charge in [0, 0.05) is 12.8 Å². The molecule has 0 spiro atoms. The summed E-state index contributed by atoms with van der Waals surface area (Å²) in [6.45, 7) is 6.98.